The van der Waals surface area contributed by atoms with Gasteiger partial charge in [-0.25, -0.2) is 4.79 Å². The molecule has 1 unspecified atom stereocenters. The van der Waals surface area contributed by atoms with E-state index in [0.717, 1.165) is 11.1 Å². The fourth-order valence-corrected chi connectivity index (χ4v) is 2.30. The predicted molar refractivity (Wildman–Crippen MR) is 86.0 cm³/mol. The molecule has 21 heavy (non-hydrogen) atoms. The van der Waals surface area contributed by atoms with E-state index >= 15 is 0 Å². The van der Waals surface area contributed by atoms with Crippen LogP contribution in [-0.2, 0) is 9.53 Å². The molecule has 0 aliphatic carbocycles. The highest BCUT2D eigenvalue weighted by Crippen LogP contribution is 2.28. The highest BCUT2D eigenvalue weighted by Gasteiger charge is 2.22. The van der Waals surface area contributed by atoms with Crippen LogP contribution in [0, 0.1) is 6.92 Å². The van der Waals surface area contributed by atoms with Gasteiger partial charge in [0.15, 0.2) is 6.04 Å². The number of esters is 1. The molecule has 1 atom stereocenters. The maximum Gasteiger partial charge on any atom is 0.332 e. The number of carbonyl (C=O) groups is 1. The van der Waals surface area contributed by atoms with Crippen LogP contribution >= 0.6 is 23.2 Å². The minimum absolute atomic E-state index is 0.408. The Morgan fingerprint density at radius 1 is 1.14 bits per heavy atom. The Morgan fingerprint density at radius 3 is 2.48 bits per heavy atom. The Balaban J connectivity index is 2.37. The zero-order valence-electron chi connectivity index (χ0n) is 11.7. The number of carbonyl (C=O) groups excluding carboxylic acids is 1. The quantitative estimate of drug-likeness (QED) is 0.834. The molecule has 0 radical (unpaired) electrons. The van der Waals surface area contributed by atoms with Crippen molar-refractivity contribution in [3.05, 3.63) is 63.6 Å². The molecule has 2 aromatic carbocycles. The smallest absolute Gasteiger partial charge is 0.332 e. The van der Waals surface area contributed by atoms with Gasteiger partial charge in [0, 0.05) is 5.02 Å². The average Bonchev–Trinajstić information content (AvgIpc) is 2.48. The number of anilines is 1. The van der Waals surface area contributed by atoms with Crippen molar-refractivity contribution in [1.82, 2.24) is 0 Å². The van der Waals surface area contributed by atoms with E-state index in [0.29, 0.717) is 15.7 Å². The van der Waals surface area contributed by atoms with Gasteiger partial charge in [0.25, 0.3) is 0 Å². The molecule has 0 saturated carbocycles. The standard InChI is InChI=1S/C16H15Cl2NO2/c1-10-7-8-11(9-13(10)18)15(16(20)21-2)19-14-6-4-3-5-12(14)17/h3-9,15,19H,1-2H3. The average molecular weight is 324 g/mol. The van der Waals surface area contributed by atoms with Crippen molar-refractivity contribution in [1.29, 1.82) is 0 Å². The van der Waals surface area contributed by atoms with Crippen LogP contribution in [0.1, 0.15) is 17.2 Å². The normalized spacial score (nSPS) is 11.8. The molecule has 0 amide bonds. The van der Waals surface area contributed by atoms with E-state index in [1.54, 1.807) is 18.2 Å². The Hall–Kier alpha value is -1.71. The molecule has 2 rings (SSSR count). The Labute approximate surface area is 133 Å². The fraction of sp³-hybridized carbons (Fsp3) is 0.188. The van der Waals surface area contributed by atoms with Crippen molar-refractivity contribution in [2.75, 3.05) is 12.4 Å². The van der Waals surface area contributed by atoms with Crippen molar-refractivity contribution in [3.8, 4) is 0 Å². The summed E-state index contributed by atoms with van der Waals surface area (Å²) >= 11 is 12.3. The highest BCUT2D eigenvalue weighted by molar-refractivity contribution is 6.33. The second kappa shape index (κ2) is 6.83. The number of hydrogen-bond donors (Lipinski definition) is 1. The monoisotopic (exact) mass is 323 g/mol. The molecule has 0 saturated heterocycles. The number of nitrogens with one attached hydrogen (secondary N) is 1. The van der Waals surface area contributed by atoms with Gasteiger partial charge < -0.3 is 10.1 Å². The van der Waals surface area contributed by atoms with Crippen molar-refractivity contribution >= 4 is 34.9 Å². The van der Waals surface area contributed by atoms with Gasteiger partial charge in [0.1, 0.15) is 0 Å². The molecule has 0 fully saturated rings. The molecular weight excluding hydrogens is 309 g/mol. The molecule has 0 spiro atoms. The summed E-state index contributed by atoms with van der Waals surface area (Å²) in [7, 11) is 1.35. The van der Waals surface area contributed by atoms with Crippen molar-refractivity contribution in [3.63, 3.8) is 0 Å². The van der Waals surface area contributed by atoms with E-state index in [4.69, 9.17) is 27.9 Å². The molecule has 0 aliphatic rings. The van der Waals surface area contributed by atoms with Crippen LogP contribution in [0.25, 0.3) is 0 Å². The van der Waals surface area contributed by atoms with Crippen molar-refractivity contribution in [2.45, 2.75) is 13.0 Å². The van der Waals surface area contributed by atoms with E-state index in [2.05, 4.69) is 5.32 Å². The number of benzene rings is 2. The number of halogens is 2. The lowest BCUT2D eigenvalue weighted by Crippen LogP contribution is -2.22. The van der Waals surface area contributed by atoms with Crippen LogP contribution < -0.4 is 5.32 Å². The Morgan fingerprint density at radius 2 is 1.86 bits per heavy atom. The van der Waals surface area contributed by atoms with Gasteiger partial charge in [-0.15, -0.1) is 0 Å². The summed E-state index contributed by atoms with van der Waals surface area (Å²) in [5.74, 6) is -0.408. The first-order valence-electron chi connectivity index (χ1n) is 6.38. The molecule has 5 heteroatoms. The molecule has 0 aromatic heterocycles. The van der Waals surface area contributed by atoms with Crippen LogP contribution in [0.15, 0.2) is 42.5 Å². The number of aryl methyl sites for hydroxylation is 1. The maximum atomic E-state index is 12.1. The summed E-state index contributed by atoms with van der Waals surface area (Å²) in [6, 6.07) is 12.0. The van der Waals surface area contributed by atoms with E-state index in [1.807, 2.05) is 31.2 Å². The third-order valence-corrected chi connectivity index (χ3v) is 3.88. The largest absolute Gasteiger partial charge is 0.467 e. The summed E-state index contributed by atoms with van der Waals surface area (Å²) in [4.78, 5) is 12.1. The van der Waals surface area contributed by atoms with Gasteiger partial charge in [-0.1, -0.05) is 47.5 Å². The van der Waals surface area contributed by atoms with E-state index in [1.165, 1.54) is 7.11 Å². The van der Waals surface area contributed by atoms with E-state index in [9.17, 15) is 4.79 Å². The lowest BCUT2D eigenvalue weighted by Gasteiger charge is -2.19. The number of ether oxygens (including phenoxy) is 1. The van der Waals surface area contributed by atoms with Gasteiger partial charge in [-0.05, 0) is 36.2 Å². The van der Waals surface area contributed by atoms with Crippen LogP contribution in [0.3, 0.4) is 0 Å². The number of methoxy groups -OCH3 is 1. The first kappa shape index (κ1) is 15.7. The van der Waals surface area contributed by atoms with E-state index in [-0.39, 0.29) is 0 Å². The molecule has 2 aromatic rings. The SMILES string of the molecule is COC(=O)C(Nc1ccccc1Cl)c1ccc(C)c(Cl)c1. The van der Waals surface area contributed by atoms with E-state index < -0.39 is 12.0 Å². The van der Waals surface area contributed by atoms with Crippen molar-refractivity contribution < 1.29 is 9.53 Å². The number of hydrogen-bond acceptors (Lipinski definition) is 3. The minimum atomic E-state index is -0.673. The molecular formula is C16H15Cl2NO2. The van der Waals surface area contributed by atoms with Gasteiger partial charge in [-0.2, -0.15) is 0 Å². The molecule has 0 bridgehead atoms. The summed E-state index contributed by atoms with van der Waals surface area (Å²) in [5.41, 5.74) is 2.32. The summed E-state index contributed by atoms with van der Waals surface area (Å²) in [6.07, 6.45) is 0. The third kappa shape index (κ3) is 3.69. The molecule has 0 heterocycles. The molecule has 0 aliphatic heterocycles. The summed E-state index contributed by atoms with van der Waals surface area (Å²) in [5, 5.41) is 4.23. The van der Waals surface area contributed by atoms with Crippen molar-refractivity contribution in [2.24, 2.45) is 0 Å². The second-order valence-electron chi connectivity index (χ2n) is 4.59. The van der Waals surface area contributed by atoms with Crippen LogP contribution in [0.5, 0.6) is 0 Å². The van der Waals surface area contributed by atoms with Crippen LogP contribution in [0.2, 0.25) is 10.0 Å². The maximum absolute atomic E-state index is 12.1. The summed E-state index contributed by atoms with van der Waals surface area (Å²) < 4.78 is 4.86. The molecule has 3 nitrogen and oxygen atoms in total. The van der Waals surface area contributed by atoms with Crippen LogP contribution in [-0.4, -0.2) is 13.1 Å². The zero-order valence-corrected chi connectivity index (χ0v) is 13.2. The number of rotatable bonds is 4. The third-order valence-electron chi connectivity index (χ3n) is 3.14. The molecule has 1 N–H and O–H groups in total. The zero-order chi connectivity index (χ0) is 15.4. The highest BCUT2D eigenvalue weighted by atomic mass is 35.5. The van der Waals surface area contributed by atoms with Gasteiger partial charge in [0.05, 0.1) is 17.8 Å². The lowest BCUT2D eigenvalue weighted by molar-refractivity contribution is -0.141. The fourth-order valence-electron chi connectivity index (χ4n) is 1.92. The summed E-state index contributed by atoms with van der Waals surface area (Å²) in [6.45, 7) is 1.90. The first-order valence-corrected chi connectivity index (χ1v) is 7.13. The van der Waals surface area contributed by atoms with Gasteiger partial charge in [-0.3, -0.25) is 0 Å². The van der Waals surface area contributed by atoms with Crippen LogP contribution in [0.4, 0.5) is 5.69 Å². The number of para-hydroxylation sites is 1. The topological polar surface area (TPSA) is 38.3 Å². The predicted octanol–water partition coefficient (Wildman–Crippen LogP) is 4.63. The first-order chi connectivity index (χ1) is 10.0. The molecule has 110 valence electrons. The second-order valence-corrected chi connectivity index (χ2v) is 5.40. The minimum Gasteiger partial charge on any atom is -0.467 e. The van der Waals surface area contributed by atoms with Gasteiger partial charge >= 0.3 is 5.97 Å². The Kier molecular flexibility index (Phi) is 5.10. The lowest BCUT2D eigenvalue weighted by atomic mass is 10.0. The van der Waals surface area contributed by atoms with Gasteiger partial charge in [0.2, 0.25) is 0 Å². The Bertz CT molecular complexity index is 658.